The van der Waals surface area contributed by atoms with Crippen LogP contribution in [0.1, 0.15) is 21.8 Å². The fourth-order valence-corrected chi connectivity index (χ4v) is 3.98. The fraction of sp³-hybridized carbons (Fsp3) is 0.250. The zero-order valence-electron chi connectivity index (χ0n) is 12.0. The molecule has 23 heavy (non-hydrogen) atoms. The minimum Gasteiger partial charge on any atom is -0.325 e. The summed E-state index contributed by atoms with van der Waals surface area (Å²) in [5, 5.41) is 4.95. The van der Waals surface area contributed by atoms with Gasteiger partial charge in [0.1, 0.15) is 5.41 Å². The third-order valence-electron chi connectivity index (χ3n) is 4.48. The van der Waals surface area contributed by atoms with Crippen molar-refractivity contribution < 1.29 is 9.59 Å². The van der Waals surface area contributed by atoms with Crippen LogP contribution in [0.25, 0.3) is 4.85 Å². The number of anilines is 1. The SMILES string of the molecule is [C-]#[N+][C@@H]1C[C@@]2(CN1C(=O)c1nccs1)C(=O)Nc1ccccc12. The summed E-state index contributed by atoms with van der Waals surface area (Å²) in [6, 6.07) is 7.47. The molecular formula is C16H12N4O2S. The Morgan fingerprint density at radius 3 is 3.04 bits per heavy atom. The van der Waals surface area contributed by atoms with Crippen molar-refractivity contribution in [3.63, 3.8) is 0 Å². The van der Waals surface area contributed by atoms with E-state index in [0.29, 0.717) is 11.4 Å². The second-order valence-corrected chi connectivity index (χ2v) is 6.56. The van der Waals surface area contributed by atoms with E-state index >= 15 is 0 Å². The van der Waals surface area contributed by atoms with Crippen LogP contribution in [0.4, 0.5) is 5.69 Å². The monoisotopic (exact) mass is 324 g/mol. The molecule has 2 atom stereocenters. The topological polar surface area (TPSA) is 66.7 Å². The van der Waals surface area contributed by atoms with Gasteiger partial charge in [0.05, 0.1) is 6.42 Å². The van der Waals surface area contributed by atoms with Gasteiger partial charge in [0.15, 0.2) is 5.01 Å². The number of rotatable bonds is 1. The number of benzene rings is 1. The van der Waals surface area contributed by atoms with Crippen LogP contribution in [0.15, 0.2) is 35.8 Å². The Labute approximate surface area is 136 Å². The number of fused-ring (bicyclic) bond motifs is 2. The van der Waals surface area contributed by atoms with Crippen molar-refractivity contribution in [2.45, 2.75) is 18.0 Å². The maximum atomic E-state index is 12.6. The molecule has 3 heterocycles. The maximum absolute atomic E-state index is 12.6. The molecular weight excluding hydrogens is 312 g/mol. The van der Waals surface area contributed by atoms with Crippen LogP contribution in [0.2, 0.25) is 0 Å². The third kappa shape index (κ3) is 1.88. The molecule has 0 aliphatic carbocycles. The Hall–Kier alpha value is -2.72. The zero-order valence-corrected chi connectivity index (χ0v) is 12.8. The van der Waals surface area contributed by atoms with Gasteiger partial charge < -0.3 is 5.32 Å². The van der Waals surface area contributed by atoms with Crippen LogP contribution in [0.5, 0.6) is 0 Å². The Morgan fingerprint density at radius 2 is 2.30 bits per heavy atom. The van der Waals surface area contributed by atoms with Gasteiger partial charge in [-0.05, 0) is 11.6 Å². The summed E-state index contributed by atoms with van der Waals surface area (Å²) in [7, 11) is 0. The lowest BCUT2D eigenvalue weighted by molar-refractivity contribution is -0.120. The maximum Gasteiger partial charge on any atom is 0.302 e. The highest BCUT2D eigenvalue weighted by Gasteiger charge is 2.58. The van der Waals surface area contributed by atoms with Crippen LogP contribution >= 0.6 is 11.3 Å². The van der Waals surface area contributed by atoms with Gasteiger partial charge in [-0.3, -0.25) is 19.3 Å². The van der Waals surface area contributed by atoms with Crippen molar-refractivity contribution in [1.82, 2.24) is 9.88 Å². The first-order valence-electron chi connectivity index (χ1n) is 7.14. The van der Waals surface area contributed by atoms with Gasteiger partial charge in [0.2, 0.25) is 5.91 Å². The first-order valence-corrected chi connectivity index (χ1v) is 8.02. The van der Waals surface area contributed by atoms with Crippen LogP contribution in [-0.4, -0.2) is 34.4 Å². The summed E-state index contributed by atoms with van der Waals surface area (Å²) in [6.45, 7) is 7.64. The summed E-state index contributed by atoms with van der Waals surface area (Å²) in [5.41, 5.74) is 0.802. The predicted molar refractivity (Wildman–Crippen MR) is 84.9 cm³/mol. The molecule has 0 radical (unpaired) electrons. The molecule has 2 aliphatic rings. The molecule has 1 spiro atoms. The van der Waals surface area contributed by atoms with Crippen molar-refractivity contribution >= 4 is 28.8 Å². The lowest BCUT2D eigenvalue weighted by atomic mass is 9.80. The number of nitrogens with zero attached hydrogens (tertiary/aromatic N) is 3. The lowest BCUT2D eigenvalue weighted by Crippen LogP contribution is -2.39. The van der Waals surface area contributed by atoms with Crippen LogP contribution in [0, 0.1) is 6.57 Å². The van der Waals surface area contributed by atoms with Crippen molar-refractivity contribution in [2.24, 2.45) is 0 Å². The van der Waals surface area contributed by atoms with Crippen LogP contribution in [0.3, 0.4) is 0 Å². The van der Waals surface area contributed by atoms with Gasteiger partial charge in [-0.25, -0.2) is 11.6 Å². The lowest BCUT2D eigenvalue weighted by Gasteiger charge is -2.20. The number of hydrogen-bond acceptors (Lipinski definition) is 4. The van der Waals surface area contributed by atoms with E-state index in [1.807, 2.05) is 24.3 Å². The molecule has 2 aromatic rings. The van der Waals surface area contributed by atoms with Crippen molar-refractivity contribution in [3.05, 3.63) is 57.8 Å². The first-order chi connectivity index (χ1) is 11.2. The Bertz CT molecular complexity index is 842. The average molecular weight is 324 g/mol. The number of carbonyl (C=O) groups is 2. The van der Waals surface area contributed by atoms with E-state index < -0.39 is 11.6 Å². The summed E-state index contributed by atoms with van der Waals surface area (Å²) in [5.74, 6) is -0.420. The summed E-state index contributed by atoms with van der Waals surface area (Å²) < 4.78 is 0. The number of carbonyl (C=O) groups excluding carboxylic acids is 2. The van der Waals surface area contributed by atoms with E-state index in [1.54, 1.807) is 11.6 Å². The highest BCUT2D eigenvalue weighted by Crippen LogP contribution is 2.46. The molecule has 1 aromatic heterocycles. The van der Waals surface area contributed by atoms with Gasteiger partial charge in [-0.15, -0.1) is 11.3 Å². The summed E-state index contributed by atoms with van der Waals surface area (Å²) >= 11 is 1.24. The summed E-state index contributed by atoms with van der Waals surface area (Å²) in [4.78, 5) is 34.3. The molecule has 7 heteroatoms. The molecule has 2 aliphatic heterocycles. The molecule has 0 bridgehead atoms. The molecule has 1 saturated heterocycles. The van der Waals surface area contributed by atoms with Crippen molar-refractivity contribution in [3.8, 4) is 0 Å². The van der Waals surface area contributed by atoms with Crippen LogP contribution < -0.4 is 5.32 Å². The Morgan fingerprint density at radius 1 is 1.48 bits per heavy atom. The normalized spacial score (nSPS) is 25.3. The highest BCUT2D eigenvalue weighted by molar-refractivity contribution is 7.11. The van der Waals surface area contributed by atoms with E-state index in [0.717, 1.165) is 11.3 Å². The van der Waals surface area contributed by atoms with Gasteiger partial charge >= 0.3 is 6.17 Å². The molecule has 1 N–H and O–H groups in total. The van der Waals surface area contributed by atoms with Crippen molar-refractivity contribution in [2.75, 3.05) is 11.9 Å². The number of hydrogen-bond donors (Lipinski definition) is 1. The van der Waals surface area contributed by atoms with Gasteiger partial charge in [0, 0.05) is 23.8 Å². The number of aromatic nitrogens is 1. The van der Waals surface area contributed by atoms with E-state index in [-0.39, 0.29) is 18.4 Å². The predicted octanol–water partition coefficient (Wildman–Crippen LogP) is 2.12. The van der Waals surface area contributed by atoms with E-state index in [4.69, 9.17) is 6.57 Å². The molecule has 4 rings (SSSR count). The molecule has 1 aromatic carbocycles. The second kappa shape index (κ2) is 4.89. The largest absolute Gasteiger partial charge is 0.325 e. The number of likely N-dealkylation sites (tertiary alicyclic amines) is 1. The molecule has 0 saturated carbocycles. The standard InChI is InChI=1S/C16H12N4O2S/c1-17-12-8-16(9-20(12)14(21)13-18-6-7-23-13)10-4-2-3-5-11(10)19-15(16)22/h2-7,12H,8-9H2,(H,19,22)/t12-,16-/m0/s1. The average Bonchev–Trinajstić information content (AvgIpc) is 3.28. The molecule has 114 valence electrons. The number of para-hydroxylation sites is 1. The second-order valence-electron chi connectivity index (χ2n) is 5.67. The number of thiazole rings is 1. The molecule has 2 amide bonds. The Balaban J connectivity index is 1.75. The first kappa shape index (κ1) is 13.9. The number of nitrogens with one attached hydrogen (secondary N) is 1. The minimum absolute atomic E-state index is 0.137. The minimum atomic E-state index is -0.835. The third-order valence-corrected chi connectivity index (χ3v) is 5.24. The van der Waals surface area contributed by atoms with Crippen molar-refractivity contribution in [1.29, 1.82) is 0 Å². The zero-order chi connectivity index (χ0) is 16.0. The molecule has 1 fully saturated rings. The highest BCUT2D eigenvalue weighted by atomic mass is 32.1. The van der Waals surface area contributed by atoms with Gasteiger partial charge in [-0.1, -0.05) is 18.2 Å². The quantitative estimate of drug-likeness (QED) is 0.817. The smallest absolute Gasteiger partial charge is 0.302 e. The van der Waals surface area contributed by atoms with E-state index in [1.165, 1.54) is 16.2 Å². The van der Waals surface area contributed by atoms with E-state index in [2.05, 4.69) is 15.1 Å². The fourth-order valence-electron chi connectivity index (χ4n) is 3.39. The molecule has 6 nitrogen and oxygen atoms in total. The summed E-state index contributed by atoms with van der Waals surface area (Å²) in [6.07, 6.45) is 1.23. The van der Waals surface area contributed by atoms with Gasteiger partial charge in [0.25, 0.3) is 5.91 Å². The van der Waals surface area contributed by atoms with Gasteiger partial charge in [-0.2, -0.15) is 0 Å². The Kier molecular flexibility index (Phi) is 2.96. The van der Waals surface area contributed by atoms with E-state index in [9.17, 15) is 9.59 Å². The van der Waals surface area contributed by atoms with Crippen LogP contribution in [-0.2, 0) is 10.2 Å². The molecule has 0 unspecified atom stereocenters. The number of amides is 2.